The summed E-state index contributed by atoms with van der Waals surface area (Å²) in [4.78, 5) is 33.4. The number of nitrogens with zero attached hydrogens (tertiary/aromatic N) is 3. The lowest BCUT2D eigenvalue weighted by Crippen LogP contribution is -2.36. The van der Waals surface area contributed by atoms with Gasteiger partial charge in [0.15, 0.2) is 5.03 Å². The highest BCUT2D eigenvalue weighted by Crippen LogP contribution is 2.32. The summed E-state index contributed by atoms with van der Waals surface area (Å²) in [7, 11) is -1.32. The maximum atomic E-state index is 12.6. The molecule has 2 rings (SSSR count). The van der Waals surface area contributed by atoms with Crippen LogP contribution < -0.4 is 10.0 Å². The van der Waals surface area contributed by atoms with Gasteiger partial charge in [0.05, 0.1) is 12.4 Å². The lowest BCUT2D eigenvalue weighted by Gasteiger charge is -2.20. The molecular formula is C20H27N5O4S. The number of aromatic nitrogens is 2. The number of hydrogen-bond donors (Lipinski definition) is 2. The zero-order chi connectivity index (χ0) is 22.6. The molecule has 0 aliphatic carbocycles. The predicted molar refractivity (Wildman–Crippen MR) is 114 cm³/mol. The van der Waals surface area contributed by atoms with Crippen LogP contribution in [-0.2, 0) is 10.0 Å². The third kappa shape index (κ3) is 5.32. The molecular weight excluding hydrogens is 406 g/mol. The van der Waals surface area contributed by atoms with E-state index in [1.165, 1.54) is 19.0 Å². The fraction of sp³-hybridized carbons (Fsp3) is 0.400. The number of urea groups is 1. The highest BCUT2D eigenvalue weighted by molar-refractivity contribution is 7.90. The van der Waals surface area contributed by atoms with Crippen molar-refractivity contribution in [3.63, 3.8) is 0 Å². The molecule has 0 saturated heterocycles. The lowest BCUT2D eigenvalue weighted by molar-refractivity contribution is 0.0820. The minimum absolute atomic E-state index is 0.121. The molecule has 0 spiro atoms. The van der Waals surface area contributed by atoms with Crippen LogP contribution in [0, 0.1) is 0 Å². The SMILES string of the molecule is CC(C)c1cccc(C(C)C)c1NC(=O)NS(=O)(=O)c1cncc(C(=O)N(C)C)n1. The molecule has 0 saturated carbocycles. The Morgan fingerprint density at radius 1 is 1.00 bits per heavy atom. The topological polar surface area (TPSA) is 121 Å². The van der Waals surface area contributed by atoms with Crippen molar-refractivity contribution in [2.24, 2.45) is 0 Å². The van der Waals surface area contributed by atoms with Crippen molar-refractivity contribution >= 4 is 27.6 Å². The second kappa shape index (κ2) is 9.21. The first-order valence-corrected chi connectivity index (χ1v) is 10.9. The molecule has 0 bridgehead atoms. The molecule has 9 nitrogen and oxygen atoms in total. The molecule has 3 amide bonds. The third-order valence-electron chi connectivity index (χ3n) is 4.35. The number of carbonyl (C=O) groups excluding carboxylic acids is 2. The van der Waals surface area contributed by atoms with Gasteiger partial charge in [-0.05, 0) is 23.0 Å². The minimum atomic E-state index is -4.33. The van der Waals surface area contributed by atoms with Gasteiger partial charge in [0.1, 0.15) is 5.69 Å². The van der Waals surface area contributed by atoms with Crippen molar-refractivity contribution in [3.05, 3.63) is 47.4 Å². The summed E-state index contributed by atoms with van der Waals surface area (Å²) in [5.74, 6) is -0.262. The van der Waals surface area contributed by atoms with E-state index in [9.17, 15) is 18.0 Å². The molecule has 0 aliphatic rings. The number of carbonyl (C=O) groups is 2. The predicted octanol–water partition coefficient (Wildman–Crippen LogP) is 2.94. The molecule has 0 fully saturated rings. The van der Waals surface area contributed by atoms with E-state index >= 15 is 0 Å². The quantitative estimate of drug-likeness (QED) is 0.722. The smallest absolute Gasteiger partial charge is 0.333 e. The number of hydrogen-bond acceptors (Lipinski definition) is 6. The van der Waals surface area contributed by atoms with Crippen LogP contribution in [0.2, 0.25) is 0 Å². The van der Waals surface area contributed by atoms with E-state index in [1.807, 2.05) is 50.6 Å². The molecule has 0 radical (unpaired) electrons. The summed E-state index contributed by atoms with van der Waals surface area (Å²) in [5, 5.41) is 2.15. The zero-order valence-electron chi connectivity index (χ0n) is 17.9. The van der Waals surface area contributed by atoms with Crippen molar-refractivity contribution in [1.82, 2.24) is 19.6 Å². The monoisotopic (exact) mass is 433 g/mol. The summed E-state index contributed by atoms with van der Waals surface area (Å²) in [6.07, 6.45) is 2.14. The molecule has 162 valence electrons. The van der Waals surface area contributed by atoms with Gasteiger partial charge < -0.3 is 10.2 Å². The van der Waals surface area contributed by atoms with Gasteiger partial charge in [-0.15, -0.1) is 0 Å². The first-order chi connectivity index (χ1) is 13.9. The van der Waals surface area contributed by atoms with E-state index < -0.39 is 27.0 Å². The number of amides is 3. The van der Waals surface area contributed by atoms with Crippen LogP contribution in [0.3, 0.4) is 0 Å². The van der Waals surface area contributed by atoms with Gasteiger partial charge in [0.25, 0.3) is 15.9 Å². The molecule has 1 aromatic heterocycles. The van der Waals surface area contributed by atoms with E-state index in [2.05, 4.69) is 15.3 Å². The van der Waals surface area contributed by atoms with Crippen LogP contribution in [0.5, 0.6) is 0 Å². The number of nitrogens with one attached hydrogen (secondary N) is 2. The molecule has 10 heteroatoms. The number of rotatable bonds is 6. The van der Waals surface area contributed by atoms with Gasteiger partial charge in [-0.2, -0.15) is 8.42 Å². The van der Waals surface area contributed by atoms with E-state index in [0.717, 1.165) is 23.5 Å². The Balaban J connectivity index is 2.31. The van der Waals surface area contributed by atoms with Crippen LogP contribution in [0.25, 0.3) is 0 Å². The summed E-state index contributed by atoms with van der Waals surface area (Å²) < 4.78 is 27.2. The Hall–Kier alpha value is -3.01. The largest absolute Gasteiger partial charge is 0.343 e. The van der Waals surface area contributed by atoms with E-state index in [-0.39, 0.29) is 17.5 Å². The van der Waals surface area contributed by atoms with Crippen LogP contribution in [-0.4, -0.2) is 49.3 Å². The highest BCUT2D eigenvalue weighted by Gasteiger charge is 2.24. The van der Waals surface area contributed by atoms with E-state index in [1.54, 1.807) is 0 Å². The average molecular weight is 434 g/mol. The zero-order valence-corrected chi connectivity index (χ0v) is 18.7. The fourth-order valence-corrected chi connectivity index (χ4v) is 3.64. The van der Waals surface area contributed by atoms with E-state index in [0.29, 0.717) is 5.69 Å². The van der Waals surface area contributed by atoms with Crippen molar-refractivity contribution in [2.75, 3.05) is 19.4 Å². The Morgan fingerprint density at radius 2 is 1.57 bits per heavy atom. The van der Waals surface area contributed by atoms with Crippen LogP contribution in [0.1, 0.15) is 61.1 Å². The van der Waals surface area contributed by atoms with Crippen molar-refractivity contribution in [3.8, 4) is 0 Å². The van der Waals surface area contributed by atoms with Gasteiger partial charge in [0.2, 0.25) is 0 Å². The lowest BCUT2D eigenvalue weighted by atomic mass is 9.93. The highest BCUT2D eigenvalue weighted by atomic mass is 32.2. The maximum Gasteiger partial charge on any atom is 0.333 e. The normalized spacial score (nSPS) is 11.5. The Bertz CT molecular complexity index is 1020. The molecule has 2 aromatic rings. The average Bonchev–Trinajstić information content (AvgIpc) is 2.66. The summed E-state index contributed by atoms with van der Waals surface area (Å²) in [5.41, 5.74) is 2.23. The first-order valence-electron chi connectivity index (χ1n) is 9.44. The molecule has 1 heterocycles. The second-order valence-corrected chi connectivity index (χ2v) is 9.25. The van der Waals surface area contributed by atoms with Crippen molar-refractivity contribution in [2.45, 2.75) is 44.6 Å². The van der Waals surface area contributed by atoms with E-state index in [4.69, 9.17) is 0 Å². The molecule has 0 aliphatic heterocycles. The number of para-hydroxylation sites is 1. The fourth-order valence-electron chi connectivity index (χ4n) is 2.82. The molecule has 0 atom stereocenters. The number of anilines is 1. The standard InChI is InChI=1S/C20H27N5O4S/c1-12(2)14-8-7-9-15(13(3)4)18(14)23-20(27)24-30(28,29)17-11-21-10-16(22-17)19(26)25(5)6/h7-13H,1-6H3,(H2,23,24,27). The molecule has 1 aromatic carbocycles. The van der Waals surface area contributed by atoms with Gasteiger partial charge in [-0.3, -0.25) is 9.78 Å². The summed E-state index contributed by atoms with van der Waals surface area (Å²) in [6, 6.07) is 4.77. The van der Waals surface area contributed by atoms with Gasteiger partial charge in [-0.25, -0.2) is 14.5 Å². The van der Waals surface area contributed by atoms with Gasteiger partial charge >= 0.3 is 6.03 Å². The van der Waals surface area contributed by atoms with Crippen LogP contribution in [0.15, 0.2) is 35.6 Å². The molecule has 30 heavy (non-hydrogen) atoms. The summed E-state index contributed by atoms with van der Waals surface area (Å²) >= 11 is 0. The Labute approximate surface area is 177 Å². The van der Waals surface area contributed by atoms with Crippen molar-refractivity contribution in [1.29, 1.82) is 0 Å². The van der Waals surface area contributed by atoms with Crippen molar-refractivity contribution < 1.29 is 18.0 Å². The maximum absolute atomic E-state index is 12.6. The minimum Gasteiger partial charge on any atom is -0.343 e. The van der Waals surface area contributed by atoms with Crippen LogP contribution in [0.4, 0.5) is 10.5 Å². The Kier molecular flexibility index (Phi) is 7.14. The first kappa shape index (κ1) is 23.3. The second-order valence-electron chi connectivity index (χ2n) is 7.62. The summed E-state index contributed by atoms with van der Waals surface area (Å²) in [6.45, 7) is 7.95. The number of sulfonamides is 1. The Morgan fingerprint density at radius 3 is 2.07 bits per heavy atom. The van der Waals surface area contributed by atoms with Crippen LogP contribution >= 0.6 is 0 Å². The van der Waals surface area contributed by atoms with Gasteiger partial charge in [0, 0.05) is 19.8 Å². The third-order valence-corrected chi connectivity index (χ3v) is 5.55. The molecule has 0 unspecified atom stereocenters. The van der Waals surface area contributed by atoms with Gasteiger partial charge in [-0.1, -0.05) is 45.9 Å². The molecule has 2 N–H and O–H groups in total. The number of benzene rings is 1.